The molecule has 0 heterocycles. The number of hydrogen-bond acceptors (Lipinski definition) is 6. The van der Waals surface area contributed by atoms with Gasteiger partial charge >= 0.3 is 5.97 Å². The van der Waals surface area contributed by atoms with Gasteiger partial charge in [-0.15, -0.1) is 0 Å². The topological polar surface area (TPSA) is 116 Å². The van der Waals surface area contributed by atoms with Gasteiger partial charge in [-0.05, 0) is 46.2 Å². The fourth-order valence-electron chi connectivity index (χ4n) is 3.85. The molecule has 204 valence electrons. The number of non-ortho nitro benzene ring substituents is 1. The maximum atomic E-state index is 13.2. The van der Waals surface area contributed by atoms with Crippen LogP contribution in [0.15, 0.2) is 72.8 Å². The minimum Gasteiger partial charge on any atom is -0.448 e. The molecule has 0 aliphatic heterocycles. The highest BCUT2D eigenvalue weighted by Gasteiger charge is 2.27. The molecule has 3 aromatic rings. The summed E-state index contributed by atoms with van der Waals surface area (Å²) in [5, 5.41) is 13.6. The van der Waals surface area contributed by atoms with Gasteiger partial charge in [0.15, 0.2) is 6.10 Å². The first-order valence-corrected chi connectivity index (χ1v) is 12.6. The van der Waals surface area contributed by atoms with E-state index >= 15 is 0 Å². The number of esters is 1. The van der Waals surface area contributed by atoms with Crippen molar-refractivity contribution in [2.75, 3.05) is 6.54 Å². The lowest BCUT2D eigenvalue weighted by molar-refractivity contribution is -0.384. The summed E-state index contributed by atoms with van der Waals surface area (Å²) < 4.78 is 5.52. The Morgan fingerprint density at radius 1 is 0.821 bits per heavy atom. The van der Waals surface area contributed by atoms with Crippen molar-refractivity contribution in [1.82, 2.24) is 5.32 Å². The summed E-state index contributed by atoms with van der Waals surface area (Å²) in [6.07, 6.45) is -1.34. The minimum absolute atomic E-state index is 0.157. The Morgan fingerprint density at radius 3 is 1.85 bits per heavy atom. The first-order chi connectivity index (χ1) is 18.2. The van der Waals surface area contributed by atoms with Gasteiger partial charge in [0.1, 0.15) is 6.54 Å². The molecule has 0 saturated carbocycles. The second kappa shape index (κ2) is 11.6. The van der Waals surface area contributed by atoms with Crippen LogP contribution in [-0.2, 0) is 20.4 Å². The Balaban J connectivity index is 1.81. The van der Waals surface area contributed by atoms with Gasteiger partial charge < -0.3 is 10.1 Å². The number of nitrogens with zero attached hydrogens (tertiary/aromatic N) is 1. The molecule has 3 rings (SSSR count). The van der Waals surface area contributed by atoms with Crippen LogP contribution in [0.25, 0.3) is 0 Å². The lowest BCUT2D eigenvalue weighted by atomic mass is 9.79. The van der Waals surface area contributed by atoms with E-state index in [-0.39, 0.29) is 22.1 Å². The first kappa shape index (κ1) is 29.2. The predicted molar refractivity (Wildman–Crippen MR) is 149 cm³/mol. The molecule has 1 atom stereocenters. The molecule has 0 fully saturated rings. The normalized spacial score (nSPS) is 12.4. The molecule has 1 N–H and O–H groups in total. The number of hydrogen-bond donors (Lipinski definition) is 1. The van der Waals surface area contributed by atoms with Crippen molar-refractivity contribution in [2.45, 2.75) is 58.5 Å². The van der Waals surface area contributed by atoms with Crippen molar-refractivity contribution < 1.29 is 24.0 Å². The number of carbonyl (C=O) groups is 3. The zero-order valence-electron chi connectivity index (χ0n) is 23.1. The summed E-state index contributed by atoms with van der Waals surface area (Å²) >= 11 is 0. The van der Waals surface area contributed by atoms with Gasteiger partial charge in [-0.3, -0.25) is 24.5 Å². The minimum atomic E-state index is -1.34. The number of rotatable bonds is 8. The smallest absolute Gasteiger partial charge is 0.326 e. The molecule has 0 aliphatic carbocycles. The van der Waals surface area contributed by atoms with Crippen LogP contribution < -0.4 is 5.32 Å². The van der Waals surface area contributed by atoms with E-state index in [1.807, 2.05) is 12.1 Å². The highest BCUT2D eigenvalue weighted by atomic mass is 16.6. The van der Waals surface area contributed by atoms with E-state index in [4.69, 9.17) is 4.74 Å². The van der Waals surface area contributed by atoms with Crippen molar-refractivity contribution >= 4 is 23.3 Å². The standard InChI is InChI=1S/C31H34N2O6/c1-30(2,3)23-16-22(17-24(18-23)31(4,5)6)29(36)32-19-26(34)39-28(27(35)20-10-8-7-9-11-20)21-12-14-25(15-13-21)33(37)38/h7-18,28H,19H2,1-6H3,(H,32,36). The van der Waals surface area contributed by atoms with Crippen LogP contribution in [-0.4, -0.2) is 29.1 Å². The third-order valence-electron chi connectivity index (χ3n) is 6.27. The van der Waals surface area contributed by atoms with Crippen LogP contribution in [0.5, 0.6) is 0 Å². The average molecular weight is 531 g/mol. The van der Waals surface area contributed by atoms with E-state index in [9.17, 15) is 24.5 Å². The van der Waals surface area contributed by atoms with Crippen molar-refractivity contribution in [1.29, 1.82) is 0 Å². The molecule has 1 amide bonds. The Hall–Kier alpha value is -4.33. The van der Waals surface area contributed by atoms with Crippen molar-refractivity contribution in [2.24, 2.45) is 0 Å². The summed E-state index contributed by atoms with van der Waals surface area (Å²) in [5.74, 6) is -1.75. The molecule has 0 radical (unpaired) electrons. The van der Waals surface area contributed by atoms with Gasteiger partial charge in [0.05, 0.1) is 4.92 Å². The van der Waals surface area contributed by atoms with E-state index in [0.717, 1.165) is 11.1 Å². The predicted octanol–water partition coefficient (Wildman–Crippen LogP) is 6.09. The number of ether oxygens (including phenoxy) is 1. The number of ketones is 1. The summed E-state index contributed by atoms with van der Waals surface area (Å²) in [4.78, 5) is 49.6. The lowest BCUT2D eigenvalue weighted by Gasteiger charge is -2.26. The van der Waals surface area contributed by atoms with Gasteiger partial charge in [0, 0.05) is 28.8 Å². The number of nitro benzene ring substituents is 1. The SMILES string of the molecule is CC(C)(C)c1cc(C(=O)NCC(=O)OC(C(=O)c2ccccc2)c2ccc([N+](=O)[O-])cc2)cc(C(C)(C)C)c1. The fraction of sp³-hybridized carbons (Fsp3) is 0.323. The largest absolute Gasteiger partial charge is 0.448 e. The molecule has 0 bridgehead atoms. The molecule has 0 saturated heterocycles. The van der Waals surface area contributed by atoms with Crippen LogP contribution in [0.1, 0.15) is 85.1 Å². The molecule has 0 aliphatic rings. The monoisotopic (exact) mass is 530 g/mol. The zero-order valence-corrected chi connectivity index (χ0v) is 23.1. The van der Waals surface area contributed by atoms with Gasteiger partial charge in [-0.25, -0.2) is 0 Å². The highest BCUT2D eigenvalue weighted by Crippen LogP contribution is 2.30. The average Bonchev–Trinajstić information content (AvgIpc) is 2.89. The van der Waals surface area contributed by atoms with Crippen LogP contribution in [0.2, 0.25) is 0 Å². The third kappa shape index (κ3) is 7.60. The van der Waals surface area contributed by atoms with Crippen LogP contribution in [0, 0.1) is 10.1 Å². The zero-order chi connectivity index (χ0) is 29.0. The molecule has 0 spiro atoms. The maximum absolute atomic E-state index is 13.2. The van der Waals surface area contributed by atoms with Crippen LogP contribution in [0.3, 0.4) is 0 Å². The van der Waals surface area contributed by atoms with Gasteiger partial charge in [-0.1, -0.05) is 77.9 Å². The third-order valence-corrected chi connectivity index (χ3v) is 6.27. The summed E-state index contributed by atoms with van der Waals surface area (Å²) in [6, 6.07) is 19.2. The fourth-order valence-corrected chi connectivity index (χ4v) is 3.85. The molecular formula is C31H34N2O6. The summed E-state index contributed by atoms with van der Waals surface area (Å²) in [6.45, 7) is 11.9. The molecular weight excluding hydrogens is 496 g/mol. The first-order valence-electron chi connectivity index (χ1n) is 12.6. The van der Waals surface area contributed by atoms with E-state index in [0.29, 0.717) is 11.1 Å². The van der Waals surface area contributed by atoms with Crippen LogP contribution in [0.4, 0.5) is 5.69 Å². The van der Waals surface area contributed by atoms with Crippen molar-refractivity contribution in [3.05, 3.63) is 111 Å². The van der Waals surface area contributed by atoms with Crippen molar-refractivity contribution in [3.8, 4) is 0 Å². The van der Waals surface area contributed by atoms with Gasteiger partial charge in [-0.2, -0.15) is 0 Å². The molecule has 3 aromatic carbocycles. The quantitative estimate of drug-likeness (QED) is 0.163. The van der Waals surface area contributed by atoms with E-state index in [1.54, 1.807) is 30.3 Å². The Bertz CT molecular complexity index is 1330. The number of benzene rings is 3. The number of nitro groups is 1. The molecule has 39 heavy (non-hydrogen) atoms. The second-order valence-corrected chi connectivity index (χ2v) is 11.4. The number of Topliss-reactive ketones (excluding diaryl/α,β-unsaturated/α-hetero) is 1. The van der Waals surface area contributed by atoms with Gasteiger partial charge in [0.2, 0.25) is 5.78 Å². The lowest BCUT2D eigenvalue weighted by Crippen LogP contribution is -2.33. The second-order valence-electron chi connectivity index (χ2n) is 11.4. The molecule has 8 nitrogen and oxygen atoms in total. The Labute approximate surface area is 228 Å². The molecule has 0 aromatic heterocycles. The molecule has 1 unspecified atom stereocenters. The number of nitrogens with one attached hydrogen (secondary N) is 1. The van der Waals surface area contributed by atoms with E-state index < -0.39 is 35.2 Å². The maximum Gasteiger partial charge on any atom is 0.326 e. The van der Waals surface area contributed by atoms with Crippen molar-refractivity contribution in [3.63, 3.8) is 0 Å². The summed E-state index contributed by atoms with van der Waals surface area (Å²) in [7, 11) is 0. The Morgan fingerprint density at radius 2 is 1.36 bits per heavy atom. The van der Waals surface area contributed by atoms with Gasteiger partial charge in [0.25, 0.3) is 11.6 Å². The number of amides is 1. The molecule has 8 heteroatoms. The van der Waals surface area contributed by atoms with Crippen LogP contribution >= 0.6 is 0 Å². The highest BCUT2D eigenvalue weighted by molar-refractivity contribution is 6.01. The van der Waals surface area contributed by atoms with E-state index in [2.05, 4.69) is 52.9 Å². The summed E-state index contributed by atoms with van der Waals surface area (Å²) in [5.41, 5.74) is 2.47. The van der Waals surface area contributed by atoms with E-state index in [1.165, 1.54) is 24.3 Å². The Kier molecular flexibility index (Phi) is 8.69. The number of carbonyl (C=O) groups excluding carboxylic acids is 3.